The highest BCUT2D eigenvalue weighted by Gasteiger charge is 2.43. The predicted octanol–water partition coefficient (Wildman–Crippen LogP) is -0.831. The third kappa shape index (κ3) is 1.28. The molecule has 0 radical (unpaired) electrons. The van der Waals surface area contributed by atoms with Crippen molar-refractivity contribution < 1.29 is 14.6 Å². The maximum Gasteiger partial charge on any atom is 0.138 e. The summed E-state index contributed by atoms with van der Waals surface area (Å²) in [4.78, 5) is 0. The Labute approximate surface area is 58.7 Å². The fraction of sp³-hybridized carbons (Fsp3) is 1.00. The van der Waals surface area contributed by atoms with Crippen LogP contribution in [-0.2, 0) is 0 Å². The van der Waals surface area contributed by atoms with Gasteiger partial charge in [0.15, 0.2) is 0 Å². The van der Waals surface area contributed by atoms with Crippen LogP contribution in [0.4, 0.5) is 4.39 Å². The van der Waals surface area contributed by atoms with Gasteiger partial charge in [0.25, 0.3) is 0 Å². The van der Waals surface area contributed by atoms with Crippen LogP contribution >= 0.6 is 0 Å². The lowest BCUT2D eigenvalue weighted by molar-refractivity contribution is 0.0607. The van der Waals surface area contributed by atoms with Crippen molar-refractivity contribution in [1.82, 2.24) is 0 Å². The molecule has 0 aromatic rings. The predicted molar refractivity (Wildman–Crippen MR) is 34.1 cm³/mol. The number of hydrogen-bond donors (Lipinski definition) is 3. The van der Waals surface area contributed by atoms with Gasteiger partial charge in [-0.25, -0.2) is 4.39 Å². The van der Waals surface area contributed by atoms with E-state index in [1.165, 1.54) is 0 Å². The quantitative estimate of drug-likeness (QED) is 0.456. The molecule has 1 aliphatic rings. The summed E-state index contributed by atoms with van der Waals surface area (Å²) in [6.07, 6.45) is -0.771. The molecule has 0 saturated heterocycles. The molecule has 1 rings (SSSR count). The van der Waals surface area contributed by atoms with Gasteiger partial charge in [-0.1, -0.05) is 0 Å². The van der Waals surface area contributed by atoms with Crippen molar-refractivity contribution in [3.05, 3.63) is 0 Å². The Bertz CT molecular complexity index is 121. The Morgan fingerprint density at radius 2 is 2.20 bits per heavy atom. The van der Waals surface area contributed by atoms with Gasteiger partial charge in [-0.2, -0.15) is 0 Å². The molecule has 4 heteroatoms. The molecular formula is C6H12FNO2. The number of halogens is 1. The van der Waals surface area contributed by atoms with E-state index in [1.807, 2.05) is 0 Å². The van der Waals surface area contributed by atoms with Crippen molar-refractivity contribution >= 4 is 0 Å². The second-order valence-electron chi connectivity index (χ2n) is 2.95. The van der Waals surface area contributed by atoms with Crippen LogP contribution in [0.5, 0.6) is 0 Å². The molecule has 0 heterocycles. The summed E-state index contributed by atoms with van der Waals surface area (Å²) < 4.78 is 13.1. The van der Waals surface area contributed by atoms with Crippen molar-refractivity contribution in [2.75, 3.05) is 6.61 Å². The smallest absolute Gasteiger partial charge is 0.138 e. The Morgan fingerprint density at radius 1 is 1.60 bits per heavy atom. The summed E-state index contributed by atoms with van der Waals surface area (Å²) >= 11 is 0. The van der Waals surface area contributed by atoms with E-state index in [4.69, 9.17) is 15.9 Å². The largest absolute Gasteiger partial charge is 0.393 e. The van der Waals surface area contributed by atoms with Crippen LogP contribution < -0.4 is 5.73 Å². The molecule has 0 spiro atoms. The van der Waals surface area contributed by atoms with E-state index in [-0.39, 0.29) is 12.8 Å². The molecular weight excluding hydrogens is 137 g/mol. The minimum atomic E-state index is -1.64. The lowest BCUT2D eigenvalue weighted by atomic mass is 10.1. The number of nitrogens with two attached hydrogens (primary N) is 1. The second kappa shape index (κ2) is 2.45. The normalized spacial score (nSPS) is 48.0. The molecule has 0 aliphatic heterocycles. The molecule has 1 saturated carbocycles. The molecule has 0 amide bonds. The van der Waals surface area contributed by atoms with Gasteiger partial charge in [-0.05, 0) is 0 Å². The zero-order chi connectivity index (χ0) is 7.78. The van der Waals surface area contributed by atoms with E-state index in [1.54, 1.807) is 0 Å². The fourth-order valence-electron chi connectivity index (χ4n) is 1.30. The molecule has 0 aromatic heterocycles. The van der Waals surface area contributed by atoms with E-state index in [2.05, 4.69) is 0 Å². The SMILES string of the molecule is N[C@@H]1C[C@](F)(CO)C[C@H]1O. The van der Waals surface area contributed by atoms with Crippen LogP contribution in [0, 0.1) is 0 Å². The molecule has 0 aromatic carbocycles. The highest BCUT2D eigenvalue weighted by Crippen LogP contribution is 2.32. The molecule has 0 bridgehead atoms. The molecule has 0 unspecified atom stereocenters. The molecule has 1 aliphatic carbocycles. The minimum Gasteiger partial charge on any atom is -0.393 e. The van der Waals surface area contributed by atoms with Gasteiger partial charge in [-0.3, -0.25) is 0 Å². The Kier molecular flexibility index (Phi) is 1.94. The first-order valence-corrected chi connectivity index (χ1v) is 3.31. The average molecular weight is 149 g/mol. The molecule has 10 heavy (non-hydrogen) atoms. The Hall–Kier alpha value is -0.190. The van der Waals surface area contributed by atoms with E-state index in [0.717, 1.165) is 0 Å². The molecule has 3 nitrogen and oxygen atoms in total. The molecule has 4 N–H and O–H groups in total. The number of aliphatic hydroxyl groups excluding tert-OH is 2. The van der Waals surface area contributed by atoms with Gasteiger partial charge < -0.3 is 15.9 Å². The lowest BCUT2D eigenvalue weighted by Crippen LogP contribution is -2.29. The zero-order valence-electron chi connectivity index (χ0n) is 5.63. The third-order valence-corrected chi connectivity index (χ3v) is 1.95. The monoisotopic (exact) mass is 149 g/mol. The first-order valence-electron chi connectivity index (χ1n) is 3.31. The third-order valence-electron chi connectivity index (χ3n) is 1.95. The van der Waals surface area contributed by atoms with Crippen molar-refractivity contribution in [2.45, 2.75) is 30.7 Å². The van der Waals surface area contributed by atoms with Gasteiger partial charge in [-0.15, -0.1) is 0 Å². The number of alkyl halides is 1. The van der Waals surface area contributed by atoms with Crippen molar-refractivity contribution in [3.63, 3.8) is 0 Å². The van der Waals surface area contributed by atoms with Gasteiger partial charge in [0.2, 0.25) is 0 Å². The summed E-state index contributed by atoms with van der Waals surface area (Å²) in [7, 11) is 0. The van der Waals surface area contributed by atoms with Crippen LogP contribution in [0.3, 0.4) is 0 Å². The summed E-state index contributed by atoms with van der Waals surface area (Å²) in [6, 6.07) is -0.517. The van der Waals surface area contributed by atoms with Crippen LogP contribution in [0.2, 0.25) is 0 Å². The van der Waals surface area contributed by atoms with E-state index >= 15 is 0 Å². The van der Waals surface area contributed by atoms with Crippen LogP contribution in [-0.4, -0.2) is 34.6 Å². The standard InChI is InChI=1S/C6H12FNO2/c7-6(3-9)1-4(8)5(10)2-6/h4-5,9-10H,1-3,8H2/t4-,5-,6-/m1/s1. The molecule has 60 valence electrons. The summed E-state index contributed by atoms with van der Waals surface area (Å²) in [5.74, 6) is 0. The average Bonchev–Trinajstić information content (AvgIpc) is 2.10. The van der Waals surface area contributed by atoms with Crippen molar-refractivity contribution in [1.29, 1.82) is 0 Å². The van der Waals surface area contributed by atoms with Gasteiger partial charge in [0, 0.05) is 18.9 Å². The Balaban J connectivity index is 2.55. The van der Waals surface area contributed by atoms with Crippen LogP contribution in [0.25, 0.3) is 0 Å². The minimum absolute atomic E-state index is 0.0370. The van der Waals surface area contributed by atoms with Gasteiger partial charge in [0.05, 0.1) is 12.7 Å². The highest BCUT2D eigenvalue weighted by atomic mass is 19.1. The second-order valence-corrected chi connectivity index (χ2v) is 2.95. The topological polar surface area (TPSA) is 66.5 Å². The lowest BCUT2D eigenvalue weighted by Gasteiger charge is -2.13. The van der Waals surface area contributed by atoms with E-state index in [0.29, 0.717) is 0 Å². The molecule has 1 fully saturated rings. The maximum absolute atomic E-state index is 13.1. The van der Waals surface area contributed by atoms with Crippen LogP contribution in [0.1, 0.15) is 12.8 Å². The van der Waals surface area contributed by atoms with Crippen molar-refractivity contribution in [2.24, 2.45) is 5.73 Å². The van der Waals surface area contributed by atoms with Gasteiger partial charge >= 0.3 is 0 Å². The van der Waals surface area contributed by atoms with E-state index < -0.39 is 24.4 Å². The number of rotatable bonds is 1. The first-order chi connectivity index (χ1) is 4.57. The summed E-state index contributed by atoms with van der Waals surface area (Å²) in [5, 5.41) is 17.5. The van der Waals surface area contributed by atoms with Gasteiger partial charge in [0.1, 0.15) is 5.67 Å². The number of aliphatic hydroxyl groups is 2. The van der Waals surface area contributed by atoms with Crippen molar-refractivity contribution in [3.8, 4) is 0 Å². The summed E-state index contributed by atoms with van der Waals surface area (Å²) in [6.45, 7) is -0.544. The highest BCUT2D eigenvalue weighted by molar-refractivity contribution is 4.96. The number of hydrogen-bond acceptors (Lipinski definition) is 3. The Morgan fingerprint density at radius 3 is 2.40 bits per heavy atom. The first kappa shape index (κ1) is 7.91. The van der Waals surface area contributed by atoms with E-state index in [9.17, 15) is 4.39 Å². The van der Waals surface area contributed by atoms with Crippen LogP contribution in [0.15, 0.2) is 0 Å². The fourth-order valence-corrected chi connectivity index (χ4v) is 1.30. The molecule has 3 atom stereocenters. The zero-order valence-corrected chi connectivity index (χ0v) is 5.63. The summed E-state index contributed by atoms with van der Waals surface area (Å²) in [5.41, 5.74) is 3.69. The maximum atomic E-state index is 13.1.